The van der Waals surface area contributed by atoms with Gasteiger partial charge in [-0.25, -0.2) is 14.6 Å². The van der Waals surface area contributed by atoms with Crippen molar-refractivity contribution in [3.8, 4) is 5.69 Å². The molecule has 1 saturated heterocycles. The van der Waals surface area contributed by atoms with E-state index < -0.39 is 6.10 Å². The summed E-state index contributed by atoms with van der Waals surface area (Å²) in [6, 6.07) is 10.7. The average molecular weight is 364 g/mol. The third-order valence-electron chi connectivity index (χ3n) is 4.61. The van der Waals surface area contributed by atoms with Gasteiger partial charge >= 0.3 is 0 Å². The van der Waals surface area contributed by atoms with Gasteiger partial charge in [-0.2, -0.15) is 5.10 Å². The molecule has 138 valence electrons. The summed E-state index contributed by atoms with van der Waals surface area (Å²) in [7, 11) is 0. The number of aliphatic hydroxyl groups is 1. The lowest BCUT2D eigenvalue weighted by atomic mass is 10.0. The molecule has 0 radical (unpaired) electrons. The fraction of sp³-hybridized carbons (Fsp3) is 0.263. The van der Waals surface area contributed by atoms with E-state index in [9.17, 15) is 9.90 Å². The van der Waals surface area contributed by atoms with Gasteiger partial charge in [0.1, 0.15) is 0 Å². The van der Waals surface area contributed by atoms with Gasteiger partial charge in [0.2, 0.25) is 5.95 Å². The number of likely N-dealkylation sites (tertiary alicyclic amines) is 1. The van der Waals surface area contributed by atoms with Gasteiger partial charge in [0.25, 0.3) is 5.91 Å². The number of hydrogen-bond acceptors (Lipinski definition) is 6. The Morgan fingerprint density at radius 2 is 2.00 bits per heavy atom. The Hall–Kier alpha value is -3.26. The smallest absolute Gasteiger partial charge is 0.254 e. The summed E-state index contributed by atoms with van der Waals surface area (Å²) in [5, 5.41) is 17.8. The molecule has 1 amide bonds. The van der Waals surface area contributed by atoms with Crippen LogP contribution in [0, 0.1) is 0 Å². The second-order valence-corrected chi connectivity index (χ2v) is 6.43. The number of carbonyl (C=O) groups excluding carboxylic acids is 1. The first-order chi connectivity index (χ1) is 13.2. The second kappa shape index (κ2) is 7.55. The molecule has 4 rings (SSSR count). The Morgan fingerprint density at radius 1 is 1.15 bits per heavy atom. The lowest BCUT2D eigenvalue weighted by Gasteiger charge is -2.36. The third kappa shape index (κ3) is 3.80. The van der Waals surface area contributed by atoms with Gasteiger partial charge in [0, 0.05) is 43.4 Å². The fourth-order valence-corrected chi connectivity index (χ4v) is 3.21. The summed E-state index contributed by atoms with van der Waals surface area (Å²) >= 11 is 0. The summed E-state index contributed by atoms with van der Waals surface area (Å²) in [6.07, 6.45) is 6.74. The molecule has 1 fully saturated rings. The first kappa shape index (κ1) is 17.2. The van der Waals surface area contributed by atoms with Crippen molar-refractivity contribution in [1.29, 1.82) is 0 Å². The molecule has 27 heavy (non-hydrogen) atoms. The van der Waals surface area contributed by atoms with Crippen LogP contribution in [0.1, 0.15) is 16.8 Å². The van der Waals surface area contributed by atoms with Crippen molar-refractivity contribution >= 4 is 11.9 Å². The van der Waals surface area contributed by atoms with Crippen LogP contribution >= 0.6 is 0 Å². The Labute approximate surface area is 156 Å². The van der Waals surface area contributed by atoms with Crippen LogP contribution in [0.2, 0.25) is 0 Å². The lowest BCUT2D eigenvalue weighted by Crippen LogP contribution is -2.51. The summed E-state index contributed by atoms with van der Waals surface area (Å²) in [5.74, 6) is 0.380. The van der Waals surface area contributed by atoms with Gasteiger partial charge in [0.15, 0.2) is 0 Å². The molecule has 1 aromatic carbocycles. The summed E-state index contributed by atoms with van der Waals surface area (Å²) < 4.78 is 1.71. The molecule has 2 atom stereocenters. The van der Waals surface area contributed by atoms with Crippen LogP contribution < -0.4 is 5.32 Å². The third-order valence-corrected chi connectivity index (χ3v) is 4.61. The highest BCUT2D eigenvalue weighted by Gasteiger charge is 2.31. The Kier molecular flexibility index (Phi) is 4.80. The predicted octanol–water partition coefficient (Wildman–Crippen LogP) is 1.35. The average Bonchev–Trinajstić information content (AvgIpc) is 3.25. The Balaban J connectivity index is 1.43. The minimum Gasteiger partial charge on any atom is -0.389 e. The standard InChI is InChI=1S/C19H20N6O2/c26-17-13-24(11-6-16(17)23-19-20-7-2-8-21-19)18(27)14-4-1-5-15(12-14)25-10-3-9-22-25/h1-5,7-10,12,16-17,26H,6,11,13H2,(H,20,21,23)/t16-,17-/m1/s1. The quantitative estimate of drug-likeness (QED) is 0.725. The summed E-state index contributed by atoms with van der Waals surface area (Å²) in [6.45, 7) is 0.807. The number of aliphatic hydroxyl groups excluding tert-OH is 1. The molecule has 0 spiro atoms. The molecule has 1 aliphatic heterocycles. The summed E-state index contributed by atoms with van der Waals surface area (Å²) in [5.41, 5.74) is 1.40. The van der Waals surface area contributed by atoms with Crippen LogP contribution in [0.4, 0.5) is 5.95 Å². The zero-order valence-electron chi connectivity index (χ0n) is 14.6. The maximum Gasteiger partial charge on any atom is 0.254 e. The normalized spacial score (nSPS) is 19.7. The van der Waals surface area contributed by atoms with Gasteiger partial charge in [0.05, 0.1) is 17.8 Å². The van der Waals surface area contributed by atoms with E-state index in [0.29, 0.717) is 24.5 Å². The van der Waals surface area contributed by atoms with E-state index >= 15 is 0 Å². The van der Waals surface area contributed by atoms with Crippen molar-refractivity contribution in [3.05, 3.63) is 66.7 Å². The number of anilines is 1. The minimum atomic E-state index is -0.694. The van der Waals surface area contributed by atoms with Crippen LogP contribution in [-0.4, -0.2) is 60.9 Å². The molecule has 2 aromatic heterocycles. The van der Waals surface area contributed by atoms with Crippen LogP contribution in [0.5, 0.6) is 0 Å². The van der Waals surface area contributed by atoms with Crippen LogP contribution in [0.15, 0.2) is 61.2 Å². The van der Waals surface area contributed by atoms with Crippen molar-refractivity contribution in [2.75, 3.05) is 18.4 Å². The van der Waals surface area contributed by atoms with E-state index in [2.05, 4.69) is 20.4 Å². The number of β-amino-alcohol motifs (C(OH)–C–C–N with tert-alkyl or cyclic N) is 1. The maximum absolute atomic E-state index is 12.9. The molecule has 8 heteroatoms. The first-order valence-electron chi connectivity index (χ1n) is 8.82. The SMILES string of the molecule is O=C(c1cccc(-n2cccn2)c1)N1CC[C@@H](Nc2ncccn2)[C@H](O)C1. The second-order valence-electron chi connectivity index (χ2n) is 6.43. The highest BCUT2D eigenvalue weighted by Crippen LogP contribution is 2.18. The maximum atomic E-state index is 12.9. The lowest BCUT2D eigenvalue weighted by molar-refractivity contribution is 0.0425. The molecule has 3 heterocycles. The van der Waals surface area contributed by atoms with Crippen LogP contribution in [-0.2, 0) is 0 Å². The predicted molar refractivity (Wildman–Crippen MR) is 99.5 cm³/mol. The highest BCUT2D eigenvalue weighted by molar-refractivity contribution is 5.94. The molecule has 2 N–H and O–H groups in total. The number of benzene rings is 1. The van der Waals surface area contributed by atoms with Gasteiger partial charge in [-0.3, -0.25) is 4.79 Å². The molecular formula is C19H20N6O2. The largest absolute Gasteiger partial charge is 0.389 e. The van der Waals surface area contributed by atoms with Crippen molar-refractivity contribution in [3.63, 3.8) is 0 Å². The van der Waals surface area contributed by atoms with E-state index in [1.807, 2.05) is 30.5 Å². The van der Waals surface area contributed by atoms with Crippen LogP contribution in [0.3, 0.4) is 0 Å². The zero-order chi connectivity index (χ0) is 18.6. The van der Waals surface area contributed by atoms with Gasteiger partial charge in [-0.05, 0) is 36.8 Å². The topological polar surface area (TPSA) is 96.2 Å². The Bertz CT molecular complexity index is 900. The highest BCUT2D eigenvalue weighted by atomic mass is 16.3. The van der Waals surface area contributed by atoms with Gasteiger partial charge < -0.3 is 15.3 Å². The minimum absolute atomic E-state index is 0.0996. The van der Waals surface area contributed by atoms with Gasteiger partial charge in [-0.15, -0.1) is 0 Å². The molecule has 0 unspecified atom stereocenters. The van der Waals surface area contributed by atoms with E-state index in [-0.39, 0.29) is 18.5 Å². The molecular weight excluding hydrogens is 344 g/mol. The molecule has 0 aliphatic carbocycles. The van der Waals surface area contributed by atoms with Crippen molar-refractivity contribution in [2.45, 2.75) is 18.6 Å². The number of amides is 1. The molecule has 8 nitrogen and oxygen atoms in total. The van der Waals surface area contributed by atoms with E-state index in [4.69, 9.17) is 0 Å². The fourth-order valence-electron chi connectivity index (χ4n) is 3.21. The number of nitrogens with one attached hydrogen (secondary N) is 1. The molecule has 0 saturated carbocycles. The number of rotatable bonds is 4. The Morgan fingerprint density at radius 3 is 2.74 bits per heavy atom. The van der Waals surface area contributed by atoms with Crippen molar-refractivity contribution in [2.24, 2.45) is 0 Å². The number of carbonyl (C=O) groups is 1. The molecule has 1 aliphatic rings. The molecule has 0 bridgehead atoms. The first-order valence-corrected chi connectivity index (χ1v) is 8.82. The van der Waals surface area contributed by atoms with E-state index in [0.717, 1.165) is 5.69 Å². The van der Waals surface area contributed by atoms with Crippen molar-refractivity contribution < 1.29 is 9.90 Å². The van der Waals surface area contributed by atoms with Gasteiger partial charge in [-0.1, -0.05) is 6.07 Å². The monoisotopic (exact) mass is 364 g/mol. The number of aromatic nitrogens is 4. The summed E-state index contributed by atoms with van der Waals surface area (Å²) in [4.78, 5) is 22.8. The number of piperidine rings is 1. The van der Waals surface area contributed by atoms with E-state index in [1.165, 1.54) is 0 Å². The van der Waals surface area contributed by atoms with Crippen LogP contribution in [0.25, 0.3) is 5.69 Å². The zero-order valence-corrected chi connectivity index (χ0v) is 14.6. The number of nitrogens with zero attached hydrogens (tertiary/aromatic N) is 5. The number of hydrogen-bond donors (Lipinski definition) is 2. The van der Waals surface area contributed by atoms with E-state index in [1.54, 1.807) is 40.3 Å². The van der Waals surface area contributed by atoms with Crippen molar-refractivity contribution in [1.82, 2.24) is 24.6 Å². The molecule has 3 aromatic rings.